The summed E-state index contributed by atoms with van der Waals surface area (Å²) in [5.41, 5.74) is 8.14. The quantitative estimate of drug-likeness (QED) is 0.789. The number of nitrogens with two attached hydrogens (primary N) is 1. The Balaban J connectivity index is 2.71. The first-order valence-electron chi connectivity index (χ1n) is 4.20. The van der Waals surface area contributed by atoms with E-state index in [0.29, 0.717) is 0 Å². The Labute approximate surface area is 85.3 Å². The largest absolute Gasteiger partial charge is 0.361 e. The first-order chi connectivity index (χ1) is 6.18. The fourth-order valence-electron chi connectivity index (χ4n) is 1.49. The van der Waals surface area contributed by atoms with E-state index >= 15 is 0 Å². The molecule has 0 aliphatic heterocycles. The van der Waals surface area contributed by atoms with Gasteiger partial charge in [0.05, 0.1) is 0 Å². The van der Waals surface area contributed by atoms with E-state index < -0.39 is 0 Å². The minimum Gasteiger partial charge on any atom is -0.361 e. The smallest absolute Gasteiger partial charge is 0.0458 e. The predicted octanol–water partition coefficient (Wildman–Crippen LogP) is 2.95. The van der Waals surface area contributed by atoms with Crippen LogP contribution in [0.4, 0.5) is 0 Å². The van der Waals surface area contributed by atoms with Crippen molar-refractivity contribution in [2.24, 2.45) is 5.73 Å². The molecule has 0 saturated heterocycles. The van der Waals surface area contributed by atoms with Crippen molar-refractivity contribution in [1.82, 2.24) is 4.98 Å². The van der Waals surface area contributed by atoms with Gasteiger partial charge < -0.3 is 10.7 Å². The second kappa shape index (κ2) is 3.16. The molecule has 0 unspecified atom stereocenters. The van der Waals surface area contributed by atoms with Crippen LogP contribution in [0.1, 0.15) is 18.5 Å². The average Bonchev–Trinajstić information content (AvgIpc) is 2.46. The van der Waals surface area contributed by atoms with Crippen molar-refractivity contribution in [1.29, 1.82) is 0 Å². The Morgan fingerprint density at radius 2 is 2.23 bits per heavy atom. The SMILES string of the molecule is C[C@@H](N)c1c[nH]c2ccc(Br)cc12. The van der Waals surface area contributed by atoms with Crippen LogP contribution >= 0.6 is 15.9 Å². The van der Waals surface area contributed by atoms with Gasteiger partial charge in [0, 0.05) is 27.6 Å². The van der Waals surface area contributed by atoms with Crippen LogP contribution in [0.25, 0.3) is 10.9 Å². The summed E-state index contributed by atoms with van der Waals surface area (Å²) >= 11 is 3.45. The van der Waals surface area contributed by atoms with Gasteiger partial charge in [-0.1, -0.05) is 15.9 Å². The summed E-state index contributed by atoms with van der Waals surface area (Å²) in [5.74, 6) is 0. The van der Waals surface area contributed by atoms with Crippen LogP contribution in [0.3, 0.4) is 0 Å². The maximum Gasteiger partial charge on any atom is 0.0458 e. The van der Waals surface area contributed by atoms with Crippen molar-refractivity contribution >= 4 is 26.8 Å². The lowest BCUT2D eigenvalue weighted by Gasteiger charge is -2.02. The van der Waals surface area contributed by atoms with E-state index in [4.69, 9.17) is 5.73 Å². The van der Waals surface area contributed by atoms with Crippen molar-refractivity contribution in [3.63, 3.8) is 0 Å². The highest BCUT2D eigenvalue weighted by Crippen LogP contribution is 2.25. The molecule has 68 valence electrons. The summed E-state index contributed by atoms with van der Waals surface area (Å²) < 4.78 is 1.08. The van der Waals surface area contributed by atoms with E-state index in [2.05, 4.69) is 27.0 Å². The molecule has 0 aliphatic carbocycles. The molecule has 1 atom stereocenters. The monoisotopic (exact) mass is 238 g/mol. The molecule has 0 spiro atoms. The van der Waals surface area contributed by atoms with E-state index in [0.717, 1.165) is 15.6 Å². The van der Waals surface area contributed by atoms with E-state index in [1.807, 2.05) is 25.3 Å². The fraction of sp³-hybridized carbons (Fsp3) is 0.200. The van der Waals surface area contributed by atoms with Crippen LogP contribution in [-0.4, -0.2) is 4.98 Å². The molecule has 1 aromatic carbocycles. The number of fused-ring (bicyclic) bond motifs is 1. The lowest BCUT2D eigenvalue weighted by molar-refractivity contribution is 0.826. The van der Waals surface area contributed by atoms with Crippen LogP contribution in [-0.2, 0) is 0 Å². The zero-order valence-electron chi connectivity index (χ0n) is 7.34. The predicted molar refractivity (Wildman–Crippen MR) is 58.6 cm³/mol. The molecule has 0 amide bonds. The second-order valence-corrected chi connectivity index (χ2v) is 4.14. The van der Waals surface area contributed by atoms with Gasteiger partial charge in [0.25, 0.3) is 0 Å². The van der Waals surface area contributed by atoms with Gasteiger partial charge >= 0.3 is 0 Å². The topological polar surface area (TPSA) is 41.8 Å². The Morgan fingerprint density at radius 1 is 1.46 bits per heavy atom. The maximum atomic E-state index is 5.84. The number of benzene rings is 1. The average molecular weight is 239 g/mol. The zero-order chi connectivity index (χ0) is 9.42. The number of aromatic nitrogens is 1. The Hall–Kier alpha value is -0.800. The highest BCUT2D eigenvalue weighted by Gasteiger charge is 2.06. The third kappa shape index (κ3) is 1.49. The number of hydrogen-bond donors (Lipinski definition) is 2. The lowest BCUT2D eigenvalue weighted by atomic mass is 10.1. The summed E-state index contributed by atoms with van der Waals surface area (Å²) in [6, 6.07) is 6.22. The molecule has 2 nitrogen and oxygen atoms in total. The molecule has 3 N–H and O–H groups in total. The van der Waals surface area contributed by atoms with Crippen molar-refractivity contribution in [2.45, 2.75) is 13.0 Å². The fourth-order valence-corrected chi connectivity index (χ4v) is 1.85. The molecule has 13 heavy (non-hydrogen) atoms. The Bertz CT molecular complexity index is 431. The van der Waals surface area contributed by atoms with E-state index in [9.17, 15) is 0 Å². The molecule has 1 heterocycles. The first kappa shape index (κ1) is 8.78. The zero-order valence-corrected chi connectivity index (χ0v) is 8.93. The molecule has 1 aromatic heterocycles. The third-order valence-electron chi connectivity index (χ3n) is 2.17. The van der Waals surface area contributed by atoms with Gasteiger partial charge in [0.2, 0.25) is 0 Å². The molecule has 0 bridgehead atoms. The van der Waals surface area contributed by atoms with Crippen LogP contribution in [0.5, 0.6) is 0 Å². The number of rotatable bonds is 1. The van der Waals surface area contributed by atoms with Crippen LogP contribution < -0.4 is 5.73 Å². The third-order valence-corrected chi connectivity index (χ3v) is 2.66. The summed E-state index contributed by atoms with van der Waals surface area (Å²) in [4.78, 5) is 3.20. The van der Waals surface area contributed by atoms with Gasteiger partial charge in [-0.05, 0) is 30.7 Å². The first-order valence-corrected chi connectivity index (χ1v) is 5.00. The van der Waals surface area contributed by atoms with Crippen molar-refractivity contribution in [3.05, 3.63) is 34.4 Å². The van der Waals surface area contributed by atoms with Crippen LogP contribution in [0, 0.1) is 0 Å². The van der Waals surface area contributed by atoms with E-state index in [1.54, 1.807) is 0 Å². The molecule has 0 radical (unpaired) electrons. The molecule has 2 rings (SSSR count). The number of halogens is 1. The van der Waals surface area contributed by atoms with Gasteiger partial charge in [-0.3, -0.25) is 0 Å². The summed E-state index contributed by atoms with van der Waals surface area (Å²) in [6.07, 6.45) is 1.97. The van der Waals surface area contributed by atoms with Gasteiger partial charge in [0.15, 0.2) is 0 Å². The highest BCUT2D eigenvalue weighted by atomic mass is 79.9. The van der Waals surface area contributed by atoms with Gasteiger partial charge in [-0.2, -0.15) is 0 Å². The van der Waals surface area contributed by atoms with Crippen molar-refractivity contribution < 1.29 is 0 Å². The normalized spacial score (nSPS) is 13.5. The maximum absolute atomic E-state index is 5.84. The Morgan fingerprint density at radius 3 is 2.92 bits per heavy atom. The van der Waals surface area contributed by atoms with Crippen LogP contribution in [0.15, 0.2) is 28.9 Å². The molecule has 0 saturated carbocycles. The molecular formula is C10H11BrN2. The second-order valence-electron chi connectivity index (χ2n) is 3.22. The minimum atomic E-state index is 0.0723. The van der Waals surface area contributed by atoms with Gasteiger partial charge in [0.1, 0.15) is 0 Å². The van der Waals surface area contributed by atoms with Gasteiger partial charge in [-0.15, -0.1) is 0 Å². The molecule has 0 aliphatic rings. The summed E-state index contributed by atoms with van der Waals surface area (Å²) in [5, 5.41) is 1.20. The highest BCUT2D eigenvalue weighted by molar-refractivity contribution is 9.10. The van der Waals surface area contributed by atoms with Crippen molar-refractivity contribution in [3.8, 4) is 0 Å². The van der Waals surface area contributed by atoms with E-state index in [-0.39, 0.29) is 6.04 Å². The molecule has 3 heteroatoms. The number of H-pyrrole nitrogens is 1. The number of hydrogen-bond acceptors (Lipinski definition) is 1. The summed E-state index contributed by atoms with van der Waals surface area (Å²) in [7, 11) is 0. The Kier molecular flexibility index (Phi) is 2.14. The molecule has 2 aromatic rings. The molecular weight excluding hydrogens is 228 g/mol. The van der Waals surface area contributed by atoms with E-state index in [1.165, 1.54) is 5.39 Å². The number of nitrogens with one attached hydrogen (secondary N) is 1. The van der Waals surface area contributed by atoms with Crippen molar-refractivity contribution in [2.75, 3.05) is 0 Å². The van der Waals surface area contributed by atoms with Crippen LogP contribution in [0.2, 0.25) is 0 Å². The molecule has 0 fully saturated rings. The van der Waals surface area contributed by atoms with Gasteiger partial charge in [-0.25, -0.2) is 0 Å². The number of aromatic amines is 1. The standard InChI is InChI=1S/C10H11BrN2/c1-6(12)9-5-13-10-3-2-7(11)4-8(9)10/h2-6,13H,12H2,1H3/t6-/m1/s1. The minimum absolute atomic E-state index is 0.0723. The lowest BCUT2D eigenvalue weighted by Crippen LogP contribution is -2.03. The summed E-state index contributed by atoms with van der Waals surface area (Å²) in [6.45, 7) is 1.99.